The van der Waals surface area contributed by atoms with E-state index in [1.165, 1.54) is 12.1 Å². The summed E-state index contributed by atoms with van der Waals surface area (Å²) in [6.45, 7) is 12.1. The summed E-state index contributed by atoms with van der Waals surface area (Å²) in [7, 11) is 0. The van der Waals surface area contributed by atoms with Gasteiger partial charge in [0.1, 0.15) is 30.8 Å². The van der Waals surface area contributed by atoms with Crippen molar-refractivity contribution in [3.05, 3.63) is 29.8 Å². The van der Waals surface area contributed by atoms with E-state index < -0.39 is 18.0 Å². The summed E-state index contributed by atoms with van der Waals surface area (Å²) in [5, 5.41) is 29.0. The van der Waals surface area contributed by atoms with Crippen LogP contribution in [0.15, 0.2) is 24.3 Å². The Morgan fingerprint density at radius 3 is 1.54 bits per heavy atom. The second kappa shape index (κ2) is 44.5. The van der Waals surface area contributed by atoms with E-state index in [0.717, 1.165) is 57.8 Å². The fourth-order valence-corrected chi connectivity index (χ4v) is 5.34. The second-order valence-electron chi connectivity index (χ2n) is 15.0. The van der Waals surface area contributed by atoms with Crippen molar-refractivity contribution < 1.29 is 67.5 Å². The van der Waals surface area contributed by atoms with Crippen molar-refractivity contribution >= 4 is 41.4 Å². The smallest absolute Gasteiger partial charge is 0.335 e. The van der Waals surface area contributed by atoms with Crippen molar-refractivity contribution in [3.8, 4) is 5.75 Å². The zero-order valence-electron chi connectivity index (χ0n) is 39.7. The zero-order valence-corrected chi connectivity index (χ0v) is 39.7. The summed E-state index contributed by atoms with van der Waals surface area (Å²) >= 11 is 0. The molecule has 0 saturated carbocycles. The molecule has 8 N–H and O–H groups in total. The minimum atomic E-state index is -1.20. The third kappa shape index (κ3) is 44.3. The van der Waals surface area contributed by atoms with Gasteiger partial charge in [-0.25, -0.2) is 9.59 Å². The van der Waals surface area contributed by atoms with E-state index >= 15 is 0 Å². The molecule has 4 amide bonds. The summed E-state index contributed by atoms with van der Waals surface area (Å²) in [5.41, 5.74) is 5.33. The Hall–Kier alpha value is -4.69. The molecule has 0 heterocycles. The number of aliphatic carboxylic acids is 1. The van der Waals surface area contributed by atoms with Crippen molar-refractivity contribution in [3.63, 3.8) is 0 Å². The Kier molecular flexibility index (Phi) is 42.7. The number of carbonyl (C=O) groups is 7. The number of hydrogen-bond acceptors (Lipinski definition) is 13. The molecule has 1 aromatic carbocycles. The quantitative estimate of drug-likeness (QED) is 0.0456. The van der Waals surface area contributed by atoms with E-state index in [1.807, 2.05) is 27.7 Å². The Bertz CT molecular complexity index is 1410. The Morgan fingerprint density at radius 1 is 0.554 bits per heavy atom. The van der Waals surface area contributed by atoms with Crippen LogP contribution in [-0.2, 0) is 47.7 Å². The van der Waals surface area contributed by atoms with Crippen molar-refractivity contribution in [1.29, 1.82) is 0 Å². The number of nitrogens with one attached hydrogen (secondary N) is 4. The van der Waals surface area contributed by atoms with Crippen LogP contribution in [0.2, 0.25) is 0 Å². The molecule has 1 aromatic rings. The number of rotatable bonds is 39. The Morgan fingerprint density at radius 2 is 1.02 bits per heavy atom. The number of benzene rings is 1. The van der Waals surface area contributed by atoms with Gasteiger partial charge in [0, 0.05) is 38.9 Å². The van der Waals surface area contributed by atoms with Gasteiger partial charge in [-0.3, -0.25) is 19.2 Å². The lowest BCUT2D eigenvalue weighted by molar-refractivity contribution is -0.142. The van der Waals surface area contributed by atoms with E-state index in [-0.39, 0.29) is 120 Å². The number of unbranched alkanes of at least 4 members (excludes halogenated alkanes) is 8. The normalized spacial score (nSPS) is 10.9. The van der Waals surface area contributed by atoms with E-state index in [9.17, 15) is 38.7 Å². The van der Waals surface area contributed by atoms with Crippen LogP contribution >= 0.6 is 0 Å². The molecule has 374 valence electrons. The van der Waals surface area contributed by atoms with Gasteiger partial charge < -0.3 is 65.7 Å². The highest BCUT2D eigenvalue weighted by Crippen LogP contribution is 2.14. The van der Waals surface area contributed by atoms with Crippen LogP contribution in [0.5, 0.6) is 5.75 Å². The first-order valence-electron chi connectivity index (χ1n) is 23.1. The number of ketones is 1. The minimum absolute atomic E-state index is 0.0474. The molecule has 1 rings (SSSR count). The number of aromatic carboxylic acids is 1. The molecular weight excluding hydrogens is 847 g/mol. The predicted octanol–water partition coefficient (Wildman–Crippen LogP) is 4.18. The van der Waals surface area contributed by atoms with Crippen LogP contribution < -0.4 is 31.7 Å². The van der Waals surface area contributed by atoms with Crippen LogP contribution in [0.3, 0.4) is 0 Å². The fourth-order valence-electron chi connectivity index (χ4n) is 5.34. The number of carboxylic acid groups (broad SMARTS) is 2. The molecule has 0 spiro atoms. The average molecular weight is 928 g/mol. The molecule has 19 nitrogen and oxygen atoms in total. The number of carboxylic acids is 2. The summed E-state index contributed by atoms with van der Waals surface area (Å²) in [4.78, 5) is 81.5. The maximum Gasteiger partial charge on any atom is 0.335 e. The van der Waals surface area contributed by atoms with Crippen molar-refractivity contribution in [2.24, 2.45) is 5.73 Å². The SMILES string of the molecule is CC.CC(=O)CCCCCNC(=O)COCCOCCNC(=O)COCCOCCNC(=O)CCC(NC(=O)CCCCCCCCCOc1ccc(C(=O)O)cc1)C(=O)O.CC(C)N. The topological polar surface area (TPSA) is 280 Å². The van der Waals surface area contributed by atoms with Gasteiger partial charge in [-0.05, 0) is 69.3 Å². The molecule has 1 atom stereocenters. The fraction of sp³-hybridized carbons (Fsp3) is 0.717. The van der Waals surface area contributed by atoms with Crippen molar-refractivity contribution in [2.45, 2.75) is 137 Å². The average Bonchev–Trinajstić information content (AvgIpc) is 3.26. The van der Waals surface area contributed by atoms with Gasteiger partial charge in [0.2, 0.25) is 23.6 Å². The third-order valence-corrected chi connectivity index (χ3v) is 8.59. The number of nitrogens with two attached hydrogens (primary N) is 1. The summed E-state index contributed by atoms with van der Waals surface area (Å²) in [5.74, 6) is -2.64. The van der Waals surface area contributed by atoms with E-state index in [0.29, 0.717) is 37.8 Å². The lowest BCUT2D eigenvalue weighted by Gasteiger charge is -2.14. The number of carbonyl (C=O) groups excluding carboxylic acids is 5. The molecule has 0 fully saturated rings. The maximum atomic E-state index is 12.3. The van der Waals surface area contributed by atoms with Crippen LogP contribution in [0.25, 0.3) is 0 Å². The van der Waals surface area contributed by atoms with E-state index in [2.05, 4.69) is 21.3 Å². The lowest BCUT2D eigenvalue weighted by Crippen LogP contribution is -2.41. The minimum Gasteiger partial charge on any atom is -0.494 e. The Balaban J connectivity index is 0. The highest BCUT2D eigenvalue weighted by atomic mass is 16.5. The van der Waals surface area contributed by atoms with Gasteiger partial charge in [0.05, 0.1) is 51.8 Å². The van der Waals surface area contributed by atoms with Gasteiger partial charge in [-0.2, -0.15) is 0 Å². The summed E-state index contributed by atoms with van der Waals surface area (Å²) < 4.78 is 26.9. The molecule has 0 aliphatic carbocycles. The summed E-state index contributed by atoms with van der Waals surface area (Å²) in [6.07, 6.45) is 9.49. The maximum absolute atomic E-state index is 12.3. The molecule has 0 aliphatic heterocycles. The highest BCUT2D eigenvalue weighted by molar-refractivity contribution is 5.87. The number of hydrogen-bond donors (Lipinski definition) is 7. The molecule has 0 radical (unpaired) electrons. The van der Waals surface area contributed by atoms with Crippen molar-refractivity contribution in [1.82, 2.24) is 21.3 Å². The van der Waals surface area contributed by atoms with Crippen LogP contribution in [0.4, 0.5) is 0 Å². The molecular formula is C46H81N5O14. The van der Waals surface area contributed by atoms with Gasteiger partial charge in [-0.1, -0.05) is 66.2 Å². The number of Topliss-reactive ketones (excluding diaryl/α,β-unsaturated/α-hetero) is 1. The standard InChI is InChI=1S/C41H66N4O14.C3H9N.C2H6/c1-32(46)12-8-7-10-20-42-38(49)30-57-28-27-56-25-22-44-39(50)31-58-29-26-55-24-21-43-36(47)19-18-35(41(53)54)45-37(48)13-9-5-3-2-4-6-11-23-59-34-16-14-33(15-17-34)40(51)52;1-3(2)4;1-2/h14-17,35H,2-13,18-31H2,1H3,(H,42,49)(H,43,47)(H,44,50)(H,45,48)(H,51,52)(H,53,54);3H,4H2,1-2H3;1-2H3. The molecule has 1 unspecified atom stereocenters. The van der Waals surface area contributed by atoms with E-state index in [1.54, 1.807) is 19.1 Å². The number of amides is 4. The molecule has 0 aliphatic rings. The third-order valence-electron chi connectivity index (χ3n) is 8.59. The van der Waals surface area contributed by atoms with Crippen LogP contribution in [-0.4, -0.2) is 143 Å². The van der Waals surface area contributed by atoms with Gasteiger partial charge in [-0.15, -0.1) is 0 Å². The Labute approximate surface area is 386 Å². The highest BCUT2D eigenvalue weighted by Gasteiger charge is 2.21. The number of ether oxygens (including phenoxy) is 5. The predicted molar refractivity (Wildman–Crippen MR) is 247 cm³/mol. The summed E-state index contributed by atoms with van der Waals surface area (Å²) in [6, 6.07) is 5.46. The molecule has 0 aromatic heterocycles. The molecule has 19 heteroatoms. The first-order valence-corrected chi connectivity index (χ1v) is 23.1. The molecule has 0 bridgehead atoms. The molecule has 65 heavy (non-hydrogen) atoms. The van der Waals surface area contributed by atoms with E-state index in [4.69, 9.17) is 34.5 Å². The first kappa shape index (κ1) is 62.4. The van der Waals surface area contributed by atoms with Gasteiger partial charge in [0.15, 0.2) is 0 Å². The zero-order chi connectivity index (χ0) is 48.9. The monoisotopic (exact) mass is 928 g/mol. The largest absolute Gasteiger partial charge is 0.494 e. The second-order valence-corrected chi connectivity index (χ2v) is 15.0. The van der Waals surface area contributed by atoms with Gasteiger partial charge >= 0.3 is 11.9 Å². The first-order chi connectivity index (χ1) is 31.2. The molecule has 0 saturated heterocycles. The van der Waals surface area contributed by atoms with Crippen LogP contribution in [0, 0.1) is 0 Å². The lowest BCUT2D eigenvalue weighted by atomic mass is 10.1. The van der Waals surface area contributed by atoms with Crippen molar-refractivity contribution in [2.75, 3.05) is 79.1 Å². The van der Waals surface area contributed by atoms with Crippen LogP contribution in [0.1, 0.15) is 135 Å². The van der Waals surface area contributed by atoms with Gasteiger partial charge in [0.25, 0.3) is 0 Å².